The van der Waals surface area contributed by atoms with Gasteiger partial charge in [-0.25, -0.2) is 0 Å². The number of aryl methyl sites for hydroxylation is 1. The first-order valence-electron chi connectivity index (χ1n) is 8.76. The topological polar surface area (TPSA) is 81.4 Å². The number of rotatable bonds is 6. The van der Waals surface area contributed by atoms with E-state index in [4.69, 9.17) is 10.5 Å². The van der Waals surface area contributed by atoms with Crippen molar-refractivity contribution in [2.45, 2.75) is 57.9 Å². The predicted molar refractivity (Wildman–Crippen MR) is 102 cm³/mol. The Kier molecular flexibility index (Phi) is 8.39. The molecule has 6 heteroatoms. The van der Waals surface area contributed by atoms with Gasteiger partial charge in [-0.05, 0) is 50.8 Å². The summed E-state index contributed by atoms with van der Waals surface area (Å²) in [5, 5.41) is 2.97. The number of halogens is 1. The lowest BCUT2D eigenvalue weighted by molar-refractivity contribution is -0.143. The van der Waals surface area contributed by atoms with Gasteiger partial charge < -0.3 is 15.8 Å². The summed E-state index contributed by atoms with van der Waals surface area (Å²) >= 11 is 0. The molecule has 0 heterocycles. The van der Waals surface area contributed by atoms with Gasteiger partial charge in [-0.15, -0.1) is 12.4 Å². The lowest BCUT2D eigenvalue weighted by atomic mass is 9.74. The van der Waals surface area contributed by atoms with Crippen LogP contribution in [-0.2, 0) is 20.7 Å². The zero-order valence-corrected chi connectivity index (χ0v) is 15.9. The fourth-order valence-electron chi connectivity index (χ4n) is 3.25. The van der Waals surface area contributed by atoms with Gasteiger partial charge in [0.05, 0.1) is 12.5 Å². The third-order valence-electron chi connectivity index (χ3n) is 4.72. The van der Waals surface area contributed by atoms with Crippen molar-refractivity contribution in [3.8, 4) is 0 Å². The van der Waals surface area contributed by atoms with E-state index in [1.165, 1.54) is 0 Å². The van der Waals surface area contributed by atoms with E-state index in [-0.39, 0.29) is 30.2 Å². The second kappa shape index (κ2) is 9.78. The monoisotopic (exact) mass is 368 g/mol. The first kappa shape index (κ1) is 21.5. The standard InChI is InChI=1S/C19H28N2O3.ClH/c1-3-24-17(22)12-9-14-7-10-15(11-8-14)21-18(23)16-6-4-5-13-19(16,2)20;/h7-8,10-11,16H,3-6,9,12-13,20H2,1-2H3,(H,21,23);1H. The second-order valence-corrected chi connectivity index (χ2v) is 6.80. The summed E-state index contributed by atoms with van der Waals surface area (Å²) in [6.45, 7) is 4.17. The van der Waals surface area contributed by atoms with Crippen molar-refractivity contribution >= 4 is 30.0 Å². The van der Waals surface area contributed by atoms with Crippen LogP contribution in [0.1, 0.15) is 51.5 Å². The van der Waals surface area contributed by atoms with Crippen LogP contribution in [0.15, 0.2) is 24.3 Å². The molecule has 2 unspecified atom stereocenters. The molecule has 1 fully saturated rings. The molecule has 140 valence electrons. The van der Waals surface area contributed by atoms with Gasteiger partial charge in [-0.2, -0.15) is 0 Å². The fraction of sp³-hybridized carbons (Fsp3) is 0.579. The third kappa shape index (κ3) is 6.33. The largest absolute Gasteiger partial charge is 0.466 e. The molecule has 0 aliphatic heterocycles. The Balaban J connectivity index is 0.00000312. The van der Waals surface area contributed by atoms with Crippen LogP contribution in [0.25, 0.3) is 0 Å². The summed E-state index contributed by atoms with van der Waals surface area (Å²) in [6, 6.07) is 7.60. The van der Waals surface area contributed by atoms with Gasteiger partial charge >= 0.3 is 5.97 Å². The number of nitrogens with two attached hydrogens (primary N) is 1. The van der Waals surface area contributed by atoms with Crippen LogP contribution in [0.5, 0.6) is 0 Å². The molecule has 5 nitrogen and oxygen atoms in total. The Hall–Kier alpha value is -1.59. The van der Waals surface area contributed by atoms with Crippen LogP contribution < -0.4 is 11.1 Å². The number of anilines is 1. The zero-order chi connectivity index (χ0) is 17.6. The molecule has 0 bridgehead atoms. The summed E-state index contributed by atoms with van der Waals surface area (Å²) in [4.78, 5) is 23.9. The molecular weight excluding hydrogens is 340 g/mol. The summed E-state index contributed by atoms with van der Waals surface area (Å²) < 4.78 is 4.92. The van der Waals surface area contributed by atoms with Crippen molar-refractivity contribution < 1.29 is 14.3 Å². The lowest BCUT2D eigenvalue weighted by Gasteiger charge is -2.37. The Bertz CT molecular complexity index is 573. The number of amides is 1. The summed E-state index contributed by atoms with van der Waals surface area (Å²) in [7, 11) is 0. The Labute approximate surface area is 156 Å². The summed E-state index contributed by atoms with van der Waals surface area (Å²) in [5.74, 6) is -0.330. The SMILES string of the molecule is CCOC(=O)CCc1ccc(NC(=O)C2CCCCC2(C)N)cc1.Cl. The molecule has 1 aliphatic rings. The van der Waals surface area contributed by atoms with Crippen molar-refractivity contribution in [1.82, 2.24) is 0 Å². The molecule has 1 saturated carbocycles. The average Bonchev–Trinajstić information content (AvgIpc) is 2.54. The van der Waals surface area contributed by atoms with E-state index in [0.29, 0.717) is 19.4 Å². The van der Waals surface area contributed by atoms with Crippen LogP contribution in [0.3, 0.4) is 0 Å². The van der Waals surface area contributed by atoms with Crippen molar-refractivity contribution in [1.29, 1.82) is 0 Å². The molecule has 0 saturated heterocycles. The van der Waals surface area contributed by atoms with Crippen molar-refractivity contribution in [3.63, 3.8) is 0 Å². The number of carbonyl (C=O) groups excluding carboxylic acids is 2. The number of esters is 1. The van der Waals surface area contributed by atoms with E-state index in [0.717, 1.165) is 36.9 Å². The number of ether oxygens (including phenoxy) is 1. The molecule has 3 N–H and O–H groups in total. The number of carbonyl (C=O) groups is 2. The maximum atomic E-state index is 12.5. The van der Waals surface area contributed by atoms with E-state index in [9.17, 15) is 9.59 Å². The average molecular weight is 369 g/mol. The quantitative estimate of drug-likeness (QED) is 0.753. The molecule has 1 aliphatic carbocycles. The first-order chi connectivity index (χ1) is 11.4. The molecule has 1 aromatic carbocycles. The second-order valence-electron chi connectivity index (χ2n) is 6.80. The number of hydrogen-bond donors (Lipinski definition) is 2. The minimum absolute atomic E-state index is 0. The van der Waals surface area contributed by atoms with Crippen LogP contribution in [-0.4, -0.2) is 24.0 Å². The van der Waals surface area contributed by atoms with Gasteiger partial charge in [0.25, 0.3) is 0 Å². The minimum atomic E-state index is -0.429. The van der Waals surface area contributed by atoms with Gasteiger partial charge in [0, 0.05) is 17.6 Å². The molecule has 2 rings (SSSR count). The highest BCUT2D eigenvalue weighted by atomic mass is 35.5. The Morgan fingerprint density at radius 3 is 2.56 bits per heavy atom. The van der Waals surface area contributed by atoms with E-state index >= 15 is 0 Å². The van der Waals surface area contributed by atoms with Gasteiger partial charge in [0.2, 0.25) is 5.91 Å². The number of nitrogens with one attached hydrogen (secondary N) is 1. The van der Waals surface area contributed by atoms with Crippen LogP contribution in [0.4, 0.5) is 5.69 Å². The van der Waals surface area contributed by atoms with Gasteiger partial charge in [0.15, 0.2) is 0 Å². The Morgan fingerprint density at radius 1 is 1.28 bits per heavy atom. The molecule has 0 aromatic heterocycles. The van der Waals surface area contributed by atoms with Gasteiger partial charge in [-0.3, -0.25) is 9.59 Å². The lowest BCUT2D eigenvalue weighted by Crippen LogP contribution is -2.51. The van der Waals surface area contributed by atoms with Crippen molar-refractivity contribution in [2.24, 2.45) is 11.7 Å². The van der Waals surface area contributed by atoms with Gasteiger partial charge in [0.1, 0.15) is 0 Å². The maximum absolute atomic E-state index is 12.5. The Morgan fingerprint density at radius 2 is 1.96 bits per heavy atom. The molecular formula is C19H29ClN2O3. The molecule has 1 aromatic rings. The first-order valence-corrected chi connectivity index (χ1v) is 8.76. The van der Waals surface area contributed by atoms with E-state index in [1.807, 2.05) is 31.2 Å². The molecule has 0 spiro atoms. The van der Waals surface area contributed by atoms with Crippen LogP contribution in [0.2, 0.25) is 0 Å². The molecule has 2 atom stereocenters. The fourth-order valence-corrected chi connectivity index (χ4v) is 3.25. The van der Waals surface area contributed by atoms with Crippen molar-refractivity contribution in [3.05, 3.63) is 29.8 Å². The number of hydrogen-bond acceptors (Lipinski definition) is 4. The van der Waals surface area contributed by atoms with E-state index in [2.05, 4.69) is 5.32 Å². The van der Waals surface area contributed by atoms with Gasteiger partial charge in [-0.1, -0.05) is 25.0 Å². The molecule has 1 amide bonds. The van der Waals surface area contributed by atoms with E-state index < -0.39 is 5.54 Å². The highest BCUT2D eigenvalue weighted by Gasteiger charge is 2.37. The number of benzene rings is 1. The van der Waals surface area contributed by atoms with Crippen LogP contribution >= 0.6 is 12.4 Å². The van der Waals surface area contributed by atoms with Crippen LogP contribution in [0, 0.1) is 5.92 Å². The normalized spacial score (nSPS) is 22.6. The summed E-state index contributed by atoms with van der Waals surface area (Å²) in [5.41, 5.74) is 7.67. The molecule has 0 radical (unpaired) electrons. The highest BCUT2D eigenvalue weighted by Crippen LogP contribution is 2.32. The van der Waals surface area contributed by atoms with E-state index in [1.54, 1.807) is 6.92 Å². The highest BCUT2D eigenvalue weighted by molar-refractivity contribution is 5.93. The maximum Gasteiger partial charge on any atom is 0.306 e. The summed E-state index contributed by atoms with van der Waals surface area (Å²) in [6.07, 6.45) is 4.88. The third-order valence-corrected chi connectivity index (χ3v) is 4.72. The minimum Gasteiger partial charge on any atom is -0.466 e. The predicted octanol–water partition coefficient (Wildman–Crippen LogP) is 3.45. The smallest absolute Gasteiger partial charge is 0.306 e. The van der Waals surface area contributed by atoms with Crippen molar-refractivity contribution in [2.75, 3.05) is 11.9 Å². The molecule has 25 heavy (non-hydrogen) atoms. The zero-order valence-electron chi connectivity index (χ0n) is 15.0.